The molecule has 3 heterocycles. The highest BCUT2D eigenvalue weighted by Crippen LogP contribution is 2.34. The van der Waals surface area contributed by atoms with Crippen LogP contribution in [0.4, 0.5) is 0 Å². The molecular weight excluding hydrogens is 262 g/mol. The Bertz CT molecular complexity index is 577. The summed E-state index contributed by atoms with van der Waals surface area (Å²) in [6.45, 7) is 4.17. The summed E-state index contributed by atoms with van der Waals surface area (Å²) in [4.78, 5) is 19.1. The minimum atomic E-state index is -0.664. The van der Waals surface area contributed by atoms with Crippen molar-refractivity contribution in [3.05, 3.63) is 23.5 Å². The van der Waals surface area contributed by atoms with Gasteiger partial charge in [0.25, 0.3) is 0 Å². The van der Waals surface area contributed by atoms with Gasteiger partial charge < -0.3 is 5.11 Å². The van der Waals surface area contributed by atoms with Crippen molar-refractivity contribution in [2.75, 3.05) is 13.1 Å². The van der Waals surface area contributed by atoms with Crippen LogP contribution in [0.15, 0.2) is 17.8 Å². The Hall–Kier alpha value is -1.40. The topological polar surface area (TPSA) is 57.8 Å². The van der Waals surface area contributed by atoms with Crippen LogP contribution in [0.25, 0.3) is 4.96 Å². The summed E-state index contributed by atoms with van der Waals surface area (Å²) < 4.78 is 2.01. The number of imidazole rings is 1. The number of hydrogen-bond donors (Lipinski definition) is 1. The molecule has 1 unspecified atom stereocenters. The fourth-order valence-electron chi connectivity index (χ4n) is 2.79. The van der Waals surface area contributed by atoms with E-state index in [-0.39, 0.29) is 0 Å². The van der Waals surface area contributed by atoms with Gasteiger partial charge in [-0.3, -0.25) is 14.1 Å². The van der Waals surface area contributed by atoms with E-state index >= 15 is 0 Å². The third-order valence-electron chi connectivity index (χ3n) is 4.09. The average Bonchev–Trinajstić information content (AvgIpc) is 3.03. The van der Waals surface area contributed by atoms with Gasteiger partial charge in [-0.1, -0.05) is 6.92 Å². The van der Waals surface area contributed by atoms with Gasteiger partial charge in [0.1, 0.15) is 0 Å². The van der Waals surface area contributed by atoms with E-state index in [2.05, 4.69) is 9.88 Å². The molecule has 0 amide bonds. The third kappa shape index (κ3) is 2.15. The van der Waals surface area contributed by atoms with Crippen LogP contribution in [0.2, 0.25) is 0 Å². The van der Waals surface area contributed by atoms with E-state index in [0.717, 1.165) is 30.2 Å². The Labute approximate surface area is 115 Å². The molecule has 1 aliphatic heterocycles. The Morgan fingerprint density at radius 2 is 2.47 bits per heavy atom. The highest BCUT2D eigenvalue weighted by Gasteiger charge is 2.43. The maximum absolute atomic E-state index is 11.4. The number of aromatic nitrogens is 2. The predicted molar refractivity (Wildman–Crippen MR) is 73.3 cm³/mol. The van der Waals surface area contributed by atoms with Gasteiger partial charge in [-0.2, -0.15) is 0 Å². The number of thiazole rings is 1. The third-order valence-corrected chi connectivity index (χ3v) is 4.86. The van der Waals surface area contributed by atoms with Gasteiger partial charge in [0, 0.05) is 30.9 Å². The zero-order valence-corrected chi connectivity index (χ0v) is 11.7. The van der Waals surface area contributed by atoms with Crippen molar-refractivity contribution in [2.45, 2.75) is 26.3 Å². The molecule has 6 heteroatoms. The first-order valence-corrected chi connectivity index (χ1v) is 7.38. The number of fused-ring (bicyclic) bond motifs is 1. The van der Waals surface area contributed by atoms with Crippen LogP contribution >= 0.6 is 11.3 Å². The molecule has 3 rings (SSSR count). The number of carboxylic acids is 1. The molecule has 5 nitrogen and oxygen atoms in total. The summed E-state index contributed by atoms with van der Waals surface area (Å²) in [5.41, 5.74) is 0.459. The lowest BCUT2D eigenvalue weighted by atomic mass is 9.84. The smallest absolute Gasteiger partial charge is 0.310 e. The molecule has 102 valence electrons. The minimum absolute atomic E-state index is 0.558. The molecule has 0 saturated carbocycles. The maximum Gasteiger partial charge on any atom is 0.310 e. The molecule has 0 bridgehead atoms. The summed E-state index contributed by atoms with van der Waals surface area (Å²) >= 11 is 1.61. The first-order chi connectivity index (χ1) is 9.13. The first kappa shape index (κ1) is 12.6. The molecule has 19 heavy (non-hydrogen) atoms. The van der Waals surface area contributed by atoms with E-state index in [1.807, 2.05) is 29.1 Å². The largest absolute Gasteiger partial charge is 0.481 e. The van der Waals surface area contributed by atoms with Crippen molar-refractivity contribution in [2.24, 2.45) is 5.41 Å². The summed E-state index contributed by atoms with van der Waals surface area (Å²) in [6.07, 6.45) is 5.45. The molecule has 0 spiro atoms. The Morgan fingerprint density at radius 3 is 3.11 bits per heavy atom. The Morgan fingerprint density at radius 1 is 1.63 bits per heavy atom. The molecule has 0 radical (unpaired) electrons. The van der Waals surface area contributed by atoms with E-state index in [9.17, 15) is 9.90 Å². The van der Waals surface area contributed by atoms with Crippen LogP contribution in [-0.2, 0) is 11.3 Å². The number of carbonyl (C=O) groups is 1. The Balaban J connectivity index is 1.72. The van der Waals surface area contributed by atoms with E-state index in [1.54, 1.807) is 11.3 Å². The van der Waals surface area contributed by atoms with Gasteiger partial charge >= 0.3 is 5.97 Å². The number of hydrogen-bond acceptors (Lipinski definition) is 4. The summed E-state index contributed by atoms with van der Waals surface area (Å²) in [6, 6.07) is 0. The van der Waals surface area contributed by atoms with Gasteiger partial charge in [0.15, 0.2) is 4.96 Å². The molecule has 1 saturated heterocycles. The summed E-state index contributed by atoms with van der Waals surface area (Å²) in [5.74, 6) is -0.664. The van der Waals surface area contributed by atoms with Crippen molar-refractivity contribution in [3.8, 4) is 0 Å². The molecule has 1 aliphatic rings. The number of aliphatic carboxylic acids is 1. The van der Waals surface area contributed by atoms with Gasteiger partial charge in [-0.05, 0) is 19.4 Å². The van der Waals surface area contributed by atoms with Gasteiger partial charge in [-0.15, -0.1) is 11.3 Å². The van der Waals surface area contributed by atoms with Gasteiger partial charge in [0.05, 0.1) is 11.1 Å². The molecule has 1 fully saturated rings. The molecule has 1 atom stereocenters. The molecular formula is C13H17N3O2S. The van der Waals surface area contributed by atoms with Gasteiger partial charge in [0.2, 0.25) is 0 Å². The fraction of sp³-hybridized carbons (Fsp3) is 0.538. The highest BCUT2D eigenvalue weighted by atomic mass is 32.1. The standard InChI is InChI=1S/C13H17N3O2S/c1-2-13(11(17)18)3-4-15(9-13)7-10-8-16-5-6-19-12(16)14-10/h5-6,8H,2-4,7,9H2,1H3,(H,17,18). The molecule has 2 aromatic heterocycles. The van der Waals surface area contributed by atoms with Crippen LogP contribution < -0.4 is 0 Å². The molecule has 1 N–H and O–H groups in total. The van der Waals surface area contributed by atoms with E-state index < -0.39 is 11.4 Å². The molecule has 0 aromatic carbocycles. The summed E-state index contributed by atoms with van der Waals surface area (Å²) in [5, 5.41) is 11.4. The van der Waals surface area contributed by atoms with E-state index in [1.165, 1.54) is 0 Å². The zero-order chi connectivity index (χ0) is 13.5. The first-order valence-electron chi connectivity index (χ1n) is 6.50. The normalized spacial score (nSPS) is 24.3. The second kappa shape index (κ2) is 4.61. The number of likely N-dealkylation sites (tertiary alicyclic amines) is 1. The SMILES string of the molecule is CCC1(C(=O)O)CCN(Cc2cn3ccsc3n2)C1. The van der Waals surface area contributed by atoms with Crippen molar-refractivity contribution >= 4 is 22.3 Å². The lowest BCUT2D eigenvalue weighted by molar-refractivity contribution is -0.148. The van der Waals surface area contributed by atoms with E-state index in [0.29, 0.717) is 13.0 Å². The molecule has 2 aromatic rings. The fourth-order valence-corrected chi connectivity index (χ4v) is 3.51. The van der Waals surface area contributed by atoms with Crippen molar-refractivity contribution in [1.29, 1.82) is 0 Å². The second-order valence-electron chi connectivity index (χ2n) is 5.22. The maximum atomic E-state index is 11.4. The summed E-state index contributed by atoms with van der Waals surface area (Å²) in [7, 11) is 0. The highest BCUT2D eigenvalue weighted by molar-refractivity contribution is 7.15. The van der Waals surface area contributed by atoms with Crippen molar-refractivity contribution in [3.63, 3.8) is 0 Å². The van der Waals surface area contributed by atoms with Crippen LogP contribution in [0.3, 0.4) is 0 Å². The van der Waals surface area contributed by atoms with Crippen LogP contribution in [0, 0.1) is 5.41 Å². The van der Waals surface area contributed by atoms with Crippen molar-refractivity contribution < 1.29 is 9.90 Å². The second-order valence-corrected chi connectivity index (χ2v) is 6.10. The number of carboxylic acid groups (broad SMARTS) is 1. The van der Waals surface area contributed by atoms with Crippen LogP contribution in [0.5, 0.6) is 0 Å². The number of rotatable bonds is 4. The lowest BCUT2D eigenvalue weighted by Gasteiger charge is -2.22. The zero-order valence-electron chi connectivity index (χ0n) is 10.9. The molecule has 0 aliphatic carbocycles. The van der Waals surface area contributed by atoms with E-state index in [4.69, 9.17) is 0 Å². The lowest BCUT2D eigenvalue weighted by Crippen LogP contribution is -2.33. The van der Waals surface area contributed by atoms with Crippen LogP contribution in [0.1, 0.15) is 25.5 Å². The van der Waals surface area contributed by atoms with Crippen molar-refractivity contribution in [1.82, 2.24) is 14.3 Å². The quantitative estimate of drug-likeness (QED) is 0.931. The predicted octanol–water partition coefficient (Wildman–Crippen LogP) is 2.08. The number of nitrogens with zero attached hydrogens (tertiary/aromatic N) is 3. The van der Waals surface area contributed by atoms with Gasteiger partial charge in [-0.25, -0.2) is 4.98 Å². The average molecular weight is 279 g/mol. The Kier molecular flexibility index (Phi) is 3.06. The monoisotopic (exact) mass is 279 g/mol. The minimum Gasteiger partial charge on any atom is -0.481 e. The van der Waals surface area contributed by atoms with Crippen LogP contribution in [-0.4, -0.2) is 38.4 Å².